The Bertz CT molecular complexity index is 341. The summed E-state index contributed by atoms with van der Waals surface area (Å²) in [6.07, 6.45) is 7.69. The molecule has 1 saturated carbocycles. The first kappa shape index (κ1) is 12.6. The molecule has 90 valence electrons. The van der Waals surface area contributed by atoms with Crippen LogP contribution in [0.5, 0.6) is 0 Å². The van der Waals surface area contributed by atoms with Gasteiger partial charge >= 0.3 is 0 Å². The van der Waals surface area contributed by atoms with E-state index in [2.05, 4.69) is 34.3 Å². The lowest BCUT2D eigenvalue weighted by Crippen LogP contribution is -2.40. The Balaban J connectivity index is 2.03. The Morgan fingerprint density at radius 3 is 2.69 bits per heavy atom. The smallest absolute Gasteiger partial charge is 0.0285 e. The molecule has 1 heterocycles. The molecule has 1 fully saturated rings. The van der Waals surface area contributed by atoms with Crippen molar-refractivity contribution in [1.82, 2.24) is 0 Å². The molecule has 1 aliphatic rings. The van der Waals surface area contributed by atoms with Crippen LogP contribution in [0.1, 0.15) is 43.9 Å². The fourth-order valence-corrected chi connectivity index (χ4v) is 4.47. The molecule has 0 radical (unpaired) electrons. The van der Waals surface area contributed by atoms with Crippen molar-refractivity contribution in [1.29, 1.82) is 0 Å². The van der Waals surface area contributed by atoms with E-state index in [1.165, 1.54) is 41.5 Å². The van der Waals surface area contributed by atoms with Crippen LogP contribution < -0.4 is 5.73 Å². The Labute approximate surface area is 111 Å². The number of halogens is 1. The molecular weight excluding hydrogens is 282 g/mol. The first-order valence-corrected chi connectivity index (χ1v) is 7.82. The number of hydrogen-bond donors (Lipinski definition) is 1. The normalized spacial score (nSPS) is 21.2. The van der Waals surface area contributed by atoms with Gasteiger partial charge in [0, 0.05) is 20.8 Å². The van der Waals surface area contributed by atoms with E-state index in [0.29, 0.717) is 11.5 Å². The monoisotopic (exact) mass is 301 g/mol. The first-order valence-electron chi connectivity index (χ1n) is 6.15. The quantitative estimate of drug-likeness (QED) is 0.879. The third-order valence-electron chi connectivity index (χ3n) is 4.13. The van der Waals surface area contributed by atoms with E-state index < -0.39 is 0 Å². The molecular formula is C13H20BrNS. The van der Waals surface area contributed by atoms with Crippen LogP contribution in [0.2, 0.25) is 0 Å². The average Bonchev–Trinajstić information content (AvgIpc) is 2.88. The Hall–Kier alpha value is 0.140. The largest absolute Gasteiger partial charge is 0.327 e. The lowest BCUT2D eigenvalue weighted by atomic mass is 9.75. The lowest BCUT2D eigenvalue weighted by Gasteiger charge is -2.34. The van der Waals surface area contributed by atoms with E-state index in [-0.39, 0.29) is 0 Å². The molecule has 1 aliphatic carbocycles. The summed E-state index contributed by atoms with van der Waals surface area (Å²) in [5.41, 5.74) is 6.88. The van der Waals surface area contributed by atoms with Crippen LogP contribution in [0.4, 0.5) is 0 Å². The SMILES string of the molecule is CCC1(C(N)Cc2cc(Br)cs2)CCCC1. The van der Waals surface area contributed by atoms with Crippen LogP contribution in [-0.2, 0) is 6.42 Å². The highest BCUT2D eigenvalue weighted by atomic mass is 79.9. The van der Waals surface area contributed by atoms with Gasteiger partial charge in [-0.3, -0.25) is 0 Å². The van der Waals surface area contributed by atoms with Crippen molar-refractivity contribution in [3.8, 4) is 0 Å². The molecule has 2 rings (SSSR count). The van der Waals surface area contributed by atoms with Gasteiger partial charge in [-0.1, -0.05) is 19.8 Å². The summed E-state index contributed by atoms with van der Waals surface area (Å²) in [6.45, 7) is 2.30. The zero-order chi connectivity index (χ0) is 11.6. The molecule has 3 heteroatoms. The van der Waals surface area contributed by atoms with E-state index in [0.717, 1.165) is 6.42 Å². The van der Waals surface area contributed by atoms with Crippen LogP contribution in [0, 0.1) is 5.41 Å². The van der Waals surface area contributed by atoms with Gasteiger partial charge < -0.3 is 5.73 Å². The second kappa shape index (κ2) is 5.19. The molecule has 0 amide bonds. The highest BCUT2D eigenvalue weighted by molar-refractivity contribution is 9.10. The molecule has 0 aliphatic heterocycles. The van der Waals surface area contributed by atoms with Gasteiger partial charge in [0.15, 0.2) is 0 Å². The maximum absolute atomic E-state index is 6.46. The van der Waals surface area contributed by atoms with E-state index in [1.807, 2.05) is 11.3 Å². The molecule has 0 saturated heterocycles. The van der Waals surface area contributed by atoms with E-state index in [1.54, 1.807) is 0 Å². The molecule has 1 aromatic heterocycles. The summed E-state index contributed by atoms with van der Waals surface area (Å²) in [5.74, 6) is 0. The number of thiophene rings is 1. The number of nitrogens with two attached hydrogens (primary N) is 1. The third-order valence-corrected chi connectivity index (χ3v) is 5.85. The zero-order valence-electron chi connectivity index (χ0n) is 9.84. The van der Waals surface area contributed by atoms with E-state index >= 15 is 0 Å². The predicted octanol–water partition coefficient (Wildman–Crippen LogP) is 4.35. The number of rotatable bonds is 4. The van der Waals surface area contributed by atoms with Gasteiger partial charge in [0.05, 0.1) is 0 Å². The van der Waals surface area contributed by atoms with Crippen LogP contribution in [0.15, 0.2) is 15.9 Å². The van der Waals surface area contributed by atoms with Crippen LogP contribution in [0.3, 0.4) is 0 Å². The molecule has 0 bridgehead atoms. The van der Waals surface area contributed by atoms with Gasteiger partial charge in [-0.25, -0.2) is 0 Å². The maximum Gasteiger partial charge on any atom is 0.0285 e. The molecule has 0 spiro atoms. The maximum atomic E-state index is 6.46. The fraction of sp³-hybridized carbons (Fsp3) is 0.692. The minimum Gasteiger partial charge on any atom is -0.327 e. The van der Waals surface area contributed by atoms with Crippen LogP contribution in [-0.4, -0.2) is 6.04 Å². The summed E-state index contributed by atoms with van der Waals surface area (Å²) < 4.78 is 1.19. The summed E-state index contributed by atoms with van der Waals surface area (Å²) in [6, 6.07) is 2.55. The average molecular weight is 302 g/mol. The summed E-state index contributed by atoms with van der Waals surface area (Å²) in [4.78, 5) is 1.42. The van der Waals surface area contributed by atoms with Gasteiger partial charge in [0.2, 0.25) is 0 Å². The Morgan fingerprint density at radius 1 is 1.50 bits per heavy atom. The van der Waals surface area contributed by atoms with Crippen molar-refractivity contribution in [2.75, 3.05) is 0 Å². The summed E-state index contributed by atoms with van der Waals surface area (Å²) >= 11 is 5.32. The molecule has 1 atom stereocenters. The zero-order valence-corrected chi connectivity index (χ0v) is 12.2. The van der Waals surface area contributed by atoms with Gasteiger partial charge in [-0.05, 0) is 53.1 Å². The van der Waals surface area contributed by atoms with E-state index in [4.69, 9.17) is 5.73 Å². The second-order valence-corrected chi connectivity index (χ2v) is 6.88. The summed E-state index contributed by atoms with van der Waals surface area (Å²) in [5, 5.41) is 2.15. The van der Waals surface area contributed by atoms with Crippen molar-refractivity contribution in [3.05, 3.63) is 20.8 Å². The van der Waals surface area contributed by atoms with Gasteiger partial charge in [0.1, 0.15) is 0 Å². The Morgan fingerprint density at radius 2 is 2.19 bits per heavy atom. The molecule has 0 aromatic carbocycles. The van der Waals surface area contributed by atoms with Crippen LogP contribution in [0.25, 0.3) is 0 Å². The number of hydrogen-bond acceptors (Lipinski definition) is 2. The Kier molecular flexibility index (Phi) is 4.09. The van der Waals surface area contributed by atoms with Gasteiger partial charge in [-0.2, -0.15) is 0 Å². The van der Waals surface area contributed by atoms with Gasteiger partial charge in [0.25, 0.3) is 0 Å². The van der Waals surface area contributed by atoms with Crippen molar-refractivity contribution in [3.63, 3.8) is 0 Å². The summed E-state index contributed by atoms with van der Waals surface area (Å²) in [7, 11) is 0. The molecule has 1 nitrogen and oxygen atoms in total. The van der Waals surface area contributed by atoms with Crippen molar-refractivity contribution in [2.45, 2.75) is 51.5 Å². The molecule has 1 aromatic rings. The predicted molar refractivity (Wildman–Crippen MR) is 74.9 cm³/mol. The molecule has 2 N–H and O–H groups in total. The van der Waals surface area contributed by atoms with Crippen molar-refractivity contribution >= 4 is 27.3 Å². The van der Waals surface area contributed by atoms with Gasteiger partial charge in [-0.15, -0.1) is 11.3 Å². The molecule has 16 heavy (non-hydrogen) atoms. The second-order valence-electron chi connectivity index (χ2n) is 4.96. The van der Waals surface area contributed by atoms with Crippen LogP contribution >= 0.6 is 27.3 Å². The van der Waals surface area contributed by atoms with Crippen molar-refractivity contribution < 1.29 is 0 Å². The highest BCUT2D eigenvalue weighted by Crippen LogP contribution is 2.44. The first-order chi connectivity index (χ1) is 7.66. The fourth-order valence-electron chi connectivity index (χ4n) is 2.96. The minimum absolute atomic E-state index is 0.338. The standard InChI is InChI=1S/C13H20BrNS/c1-2-13(5-3-4-6-13)12(15)8-11-7-10(14)9-16-11/h7,9,12H,2-6,8,15H2,1H3. The third kappa shape index (κ3) is 2.52. The molecule has 1 unspecified atom stereocenters. The topological polar surface area (TPSA) is 26.0 Å². The lowest BCUT2D eigenvalue weighted by molar-refractivity contribution is 0.219. The highest BCUT2D eigenvalue weighted by Gasteiger charge is 2.37. The van der Waals surface area contributed by atoms with Crippen molar-refractivity contribution in [2.24, 2.45) is 11.1 Å². The van der Waals surface area contributed by atoms with E-state index in [9.17, 15) is 0 Å². The minimum atomic E-state index is 0.338.